The Morgan fingerprint density at radius 1 is 1.35 bits per heavy atom. The van der Waals surface area contributed by atoms with Crippen LogP contribution in [0.4, 0.5) is 5.13 Å². The average molecular weight is 332 g/mol. The molecular weight excluding hydrogens is 312 g/mol. The van der Waals surface area contributed by atoms with E-state index < -0.39 is 0 Å². The highest BCUT2D eigenvalue weighted by molar-refractivity contribution is 7.13. The van der Waals surface area contributed by atoms with Crippen molar-refractivity contribution in [1.29, 1.82) is 0 Å². The second-order valence-electron chi connectivity index (χ2n) is 5.24. The van der Waals surface area contributed by atoms with Gasteiger partial charge in [-0.3, -0.25) is 4.79 Å². The van der Waals surface area contributed by atoms with Crippen LogP contribution in [0.15, 0.2) is 28.6 Å². The number of hydrogen-bond acceptors (Lipinski definition) is 5. The maximum atomic E-state index is 11.0. The third-order valence-corrected chi connectivity index (χ3v) is 3.47. The van der Waals surface area contributed by atoms with E-state index in [2.05, 4.69) is 25.6 Å². The normalized spacial score (nSPS) is 11.6. The number of thiazole rings is 1. The molecule has 0 atom stereocenters. The van der Waals surface area contributed by atoms with Gasteiger partial charge in [0, 0.05) is 18.3 Å². The Morgan fingerprint density at radius 2 is 2.13 bits per heavy atom. The first-order chi connectivity index (χ1) is 10.9. The SMILES string of the molecule is CC(=O)NCc1cccc(-c2csc(/N=C(\N)NC(C)C)n2)n1. The highest BCUT2D eigenvalue weighted by Crippen LogP contribution is 2.25. The molecule has 0 radical (unpaired) electrons. The first-order valence-corrected chi connectivity index (χ1v) is 8.09. The molecule has 7 nitrogen and oxygen atoms in total. The van der Waals surface area contributed by atoms with Gasteiger partial charge < -0.3 is 16.4 Å². The van der Waals surface area contributed by atoms with Crippen molar-refractivity contribution in [2.24, 2.45) is 10.7 Å². The minimum atomic E-state index is -0.0874. The number of guanidine groups is 1. The lowest BCUT2D eigenvalue weighted by molar-refractivity contribution is -0.119. The largest absolute Gasteiger partial charge is 0.370 e. The Labute approximate surface area is 139 Å². The van der Waals surface area contributed by atoms with Crippen LogP contribution in [0.2, 0.25) is 0 Å². The van der Waals surface area contributed by atoms with Crippen molar-refractivity contribution < 1.29 is 4.79 Å². The molecule has 0 aliphatic rings. The summed E-state index contributed by atoms with van der Waals surface area (Å²) in [6.45, 7) is 5.84. The summed E-state index contributed by atoms with van der Waals surface area (Å²) in [5.41, 5.74) is 8.04. The van der Waals surface area contributed by atoms with Gasteiger partial charge in [-0.15, -0.1) is 11.3 Å². The van der Waals surface area contributed by atoms with Crippen molar-refractivity contribution in [1.82, 2.24) is 20.6 Å². The molecule has 0 aliphatic carbocycles. The van der Waals surface area contributed by atoms with Crippen LogP contribution in [0.25, 0.3) is 11.4 Å². The van der Waals surface area contributed by atoms with Crippen LogP contribution in [0, 0.1) is 0 Å². The molecule has 1 amide bonds. The molecule has 0 spiro atoms. The summed E-state index contributed by atoms with van der Waals surface area (Å²) < 4.78 is 0. The molecule has 2 aromatic rings. The second-order valence-corrected chi connectivity index (χ2v) is 6.07. The molecule has 122 valence electrons. The number of carbonyl (C=O) groups is 1. The number of aromatic nitrogens is 2. The van der Waals surface area contributed by atoms with Crippen molar-refractivity contribution in [2.75, 3.05) is 0 Å². The molecule has 23 heavy (non-hydrogen) atoms. The van der Waals surface area contributed by atoms with Crippen molar-refractivity contribution in [3.63, 3.8) is 0 Å². The molecular formula is C15H20N6OS. The van der Waals surface area contributed by atoms with Crippen LogP contribution >= 0.6 is 11.3 Å². The molecule has 0 unspecified atom stereocenters. The molecule has 0 saturated heterocycles. The zero-order chi connectivity index (χ0) is 16.8. The molecule has 0 aromatic carbocycles. The number of amides is 1. The maximum Gasteiger partial charge on any atom is 0.217 e. The standard InChI is InChI=1S/C15H20N6OS/c1-9(2)18-14(16)21-15-20-13(8-23-15)12-6-4-5-11(19-12)7-17-10(3)22/h4-6,8-9H,7H2,1-3H3,(H,17,22)(H3,16,18,20,21). The highest BCUT2D eigenvalue weighted by atomic mass is 32.1. The van der Waals surface area contributed by atoms with E-state index in [4.69, 9.17) is 5.73 Å². The number of nitrogens with one attached hydrogen (secondary N) is 2. The van der Waals surface area contributed by atoms with E-state index in [1.807, 2.05) is 37.4 Å². The quantitative estimate of drug-likeness (QED) is 0.572. The smallest absolute Gasteiger partial charge is 0.217 e. The van der Waals surface area contributed by atoms with E-state index in [9.17, 15) is 4.79 Å². The van der Waals surface area contributed by atoms with Gasteiger partial charge in [0.2, 0.25) is 11.0 Å². The van der Waals surface area contributed by atoms with Gasteiger partial charge in [0.1, 0.15) is 5.69 Å². The number of aliphatic imine (C=N–C) groups is 1. The maximum absolute atomic E-state index is 11.0. The van der Waals surface area contributed by atoms with Gasteiger partial charge in [0.05, 0.1) is 17.9 Å². The Balaban J connectivity index is 2.14. The van der Waals surface area contributed by atoms with Crippen molar-refractivity contribution >= 4 is 28.3 Å². The van der Waals surface area contributed by atoms with E-state index in [0.29, 0.717) is 17.6 Å². The highest BCUT2D eigenvalue weighted by Gasteiger charge is 2.07. The fraction of sp³-hybridized carbons (Fsp3) is 0.333. The van der Waals surface area contributed by atoms with E-state index in [1.54, 1.807) is 0 Å². The summed E-state index contributed by atoms with van der Waals surface area (Å²) in [7, 11) is 0. The number of pyridine rings is 1. The summed E-state index contributed by atoms with van der Waals surface area (Å²) in [5.74, 6) is 0.254. The minimum absolute atomic E-state index is 0.0874. The molecule has 4 N–H and O–H groups in total. The van der Waals surface area contributed by atoms with Gasteiger partial charge in [0.25, 0.3) is 0 Å². The number of hydrogen-bond donors (Lipinski definition) is 3. The molecule has 2 aromatic heterocycles. The molecule has 0 aliphatic heterocycles. The fourth-order valence-corrected chi connectivity index (χ4v) is 2.49. The fourth-order valence-electron chi connectivity index (χ4n) is 1.80. The summed E-state index contributed by atoms with van der Waals surface area (Å²) in [6.07, 6.45) is 0. The van der Waals surface area contributed by atoms with Crippen LogP contribution in [0.5, 0.6) is 0 Å². The molecule has 2 heterocycles. The van der Waals surface area contributed by atoms with Gasteiger partial charge in [-0.2, -0.15) is 4.99 Å². The van der Waals surface area contributed by atoms with Gasteiger partial charge >= 0.3 is 0 Å². The predicted molar refractivity (Wildman–Crippen MR) is 92.4 cm³/mol. The molecule has 8 heteroatoms. The van der Waals surface area contributed by atoms with Gasteiger partial charge in [-0.25, -0.2) is 9.97 Å². The van der Waals surface area contributed by atoms with Crippen LogP contribution in [0.3, 0.4) is 0 Å². The Bertz CT molecular complexity index is 709. The van der Waals surface area contributed by atoms with Gasteiger partial charge in [-0.1, -0.05) is 6.07 Å². The average Bonchev–Trinajstić information content (AvgIpc) is 2.93. The van der Waals surface area contributed by atoms with Gasteiger partial charge in [0.15, 0.2) is 5.96 Å². The minimum Gasteiger partial charge on any atom is -0.370 e. The monoisotopic (exact) mass is 332 g/mol. The van der Waals surface area contributed by atoms with E-state index in [1.165, 1.54) is 18.3 Å². The van der Waals surface area contributed by atoms with Crippen LogP contribution in [0.1, 0.15) is 26.5 Å². The molecule has 2 rings (SSSR count). The first kappa shape index (κ1) is 16.9. The Morgan fingerprint density at radius 3 is 2.83 bits per heavy atom. The Hall–Kier alpha value is -2.48. The summed E-state index contributed by atoms with van der Waals surface area (Å²) >= 11 is 1.40. The van der Waals surface area contributed by atoms with Gasteiger partial charge in [-0.05, 0) is 26.0 Å². The topological polar surface area (TPSA) is 105 Å². The van der Waals surface area contributed by atoms with Crippen molar-refractivity contribution in [3.05, 3.63) is 29.3 Å². The lowest BCUT2D eigenvalue weighted by atomic mass is 10.2. The molecule has 0 saturated carbocycles. The lowest BCUT2D eigenvalue weighted by Crippen LogP contribution is -2.36. The third-order valence-electron chi connectivity index (χ3n) is 2.73. The zero-order valence-electron chi connectivity index (χ0n) is 13.3. The number of nitrogens with two attached hydrogens (primary N) is 1. The van der Waals surface area contributed by atoms with Crippen molar-refractivity contribution in [3.8, 4) is 11.4 Å². The second kappa shape index (κ2) is 7.68. The first-order valence-electron chi connectivity index (χ1n) is 7.21. The Kier molecular flexibility index (Phi) is 5.64. The van der Waals surface area contributed by atoms with Crippen LogP contribution < -0.4 is 16.4 Å². The lowest BCUT2D eigenvalue weighted by Gasteiger charge is -2.06. The summed E-state index contributed by atoms with van der Waals surface area (Å²) in [5, 5.41) is 8.19. The van der Waals surface area contributed by atoms with Crippen LogP contribution in [-0.4, -0.2) is 27.9 Å². The summed E-state index contributed by atoms with van der Waals surface area (Å²) in [6, 6.07) is 5.83. The zero-order valence-corrected chi connectivity index (χ0v) is 14.1. The molecule has 0 bridgehead atoms. The van der Waals surface area contributed by atoms with Crippen molar-refractivity contribution in [2.45, 2.75) is 33.4 Å². The van der Waals surface area contributed by atoms with E-state index in [0.717, 1.165) is 17.1 Å². The number of nitrogens with zero attached hydrogens (tertiary/aromatic N) is 3. The number of rotatable bonds is 5. The summed E-state index contributed by atoms with van der Waals surface area (Å²) in [4.78, 5) is 24.1. The third kappa shape index (κ3) is 5.33. The predicted octanol–water partition coefficient (Wildman–Crippen LogP) is 1.79. The van der Waals surface area contributed by atoms with E-state index >= 15 is 0 Å². The molecule has 0 fully saturated rings. The van der Waals surface area contributed by atoms with Crippen LogP contribution in [-0.2, 0) is 11.3 Å². The van der Waals surface area contributed by atoms with E-state index in [-0.39, 0.29) is 11.9 Å². The number of carbonyl (C=O) groups excluding carboxylic acids is 1.